The Bertz CT molecular complexity index is 1800. The first-order valence-corrected chi connectivity index (χ1v) is 20.6. The Labute approximate surface area is 353 Å². The third-order valence-corrected chi connectivity index (χ3v) is 10.4. The molecule has 1 unspecified atom stereocenters. The monoisotopic (exact) mass is 835 g/mol. The Hall–Kier alpha value is -5.19. The summed E-state index contributed by atoms with van der Waals surface area (Å²) in [5.41, 5.74) is 7.35. The van der Waals surface area contributed by atoms with Crippen molar-refractivity contribution in [2.24, 2.45) is 35.3 Å². The highest BCUT2D eigenvalue weighted by molar-refractivity contribution is 5.92. The Morgan fingerprint density at radius 2 is 1.42 bits per heavy atom. The number of aliphatic hydroxyl groups excluding tert-OH is 2. The maximum absolute atomic E-state index is 14.2. The van der Waals surface area contributed by atoms with E-state index >= 15 is 0 Å². The molecule has 9 atom stereocenters. The third-order valence-electron chi connectivity index (χ3n) is 10.4. The first-order chi connectivity index (χ1) is 28.2. The third kappa shape index (κ3) is 15.4. The Kier molecular flexibility index (Phi) is 18.8. The van der Waals surface area contributed by atoms with E-state index in [1.165, 1.54) is 6.33 Å². The summed E-state index contributed by atoms with van der Waals surface area (Å²) in [7, 11) is 0. The van der Waals surface area contributed by atoms with Crippen molar-refractivity contribution in [2.75, 3.05) is 0 Å². The van der Waals surface area contributed by atoms with E-state index in [2.05, 4.69) is 36.2 Å². The fourth-order valence-electron chi connectivity index (χ4n) is 6.93. The van der Waals surface area contributed by atoms with Gasteiger partial charge in [-0.15, -0.1) is 0 Å². The largest absolute Gasteiger partial charge is 0.444 e. The lowest BCUT2D eigenvalue weighted by atomic mass is 9.74. The second-order valence-electron chi connectivity index (χ2n) is 17.3. The molecule has 0 saturated heterocycles. The van der Waals surface area contributed by atoms with Crippen LogP contribution >= 0.6 is 0 Å². The molecule has 16 nitrogen and oxygen atoms in total. The number of carbonyl (C=O) groups is 5. The zero-order valence-electron chi connectivity index (χ0n) is 36.3. The number of ketones is 1. The number of aromatic amines is 1. The number of ether oxygens (including phenoxy) is 1. The van der Waals surface area contributed by atoms with Gasteiger partial charge in [0.25, 0.3) is 0 Å². The molecule has 2 heterocycles. The van der Waals surface area contributed by atoms with Gasteiger partial charge < -0.3 is 46.9 Å². The van der Waals surface area contributed by atoms with Gasteiger partial charge in [0.15, 0.2) is 0 Å². The first-order valence-electron chi connectivity index (χ1n) is 20.6. The average molecular weight is 835 g/mol. The number of benzene rings is 1. The molecule has 0 aliphatic carbocycles. The number of pyridine rings is 1. The van der Waals surface area contributed by atoms with Gasteiger partial charge in [0.1, 0.15) is 29.6 Å². The van der Waals surface area contributed by atoms with Crippen LogP contribution in [0.25, 0.3) is 0 Å². The SMILES string of the molecule is CC(C)C[C@H](NC(=O)[C@H](Cc1c[nH]cn1)NC(=O)[C@H](Cc1ccccc1)NC(=O)OC(C)(C)C)[C@@H](O)[C@H](O)[C@H](C(=O)C(C)[C@H](C)[C@H](N)C(=O)NCc1ccccn1)C(C)C. The molecule has 3 aromatic rings. The van der Waals surface area contributed by atoms with Gasteiger partial charge in [-0.05, 0) is 62.6 Å². The van der Waals surface area contributed by atoms with Crippen LogP contribution in [0.2, 0.25) is 0 Å². The number of hydrogen-bond acceptors (Lipinski definition) is 11. The van der Waals surface area contributed by atoms with Crippen LogP contribution in [0.3, 0.4) is 0 Å². The number of rotatable bonds is 22. The minimum absolute atomic E-state index is 0.0587. The van der Waals surface area contributed by atoms with E-state index < -0.39 is 95.2 Å². The summed E-state index contributed by atoms with van der Waals surface area (Å²) in [6.45, 7) is 15.9. The number of hydrogen-bond donors (Lipinski definition) is 8. The van der Waals surface area contributed by atoms with Crippen LogP contribution < -0.4 is 27.0 Å². The van der Waals surface area contributed by atoms with Crippen molar-refractivity contribution in [1.29, 1.82) is 0 Å². The van der Waals surface area contributed by atoms with Crippen LogP contribution in [0, 0.1) is 29.6 Å². The van der Waals surface area contributed by atoms with E-state index in [1.54, 1.807) is 103 Å². The van der Waals surface area contributed by atoms with Gasteiger partial charge in [-0.3, -0.25) is 24.2 Å². The highest BCUT2D eigenvalue weighted by atomic mass is 16.6. The van der Waals surface area contributed by atoms with E-state index in [-0.39, 0.29) is 31.7 Å². The number of nitrogens with zero attached hydrogens (tertiary/aromatic N) is 2. The number of alkyl carbamates (subject to hydrolysis) is 1. The average Bonchev–Trinajstić information content (AvgIpc) is 3.71. The maximum atomic E-state index is 14.2. The summed E-state index contributed by atoms with van der Waals surface area (Å²) in [4.78, 5) is 79.5. The van der Waals surface area contributed by atoms with Crippen LogP contribution in [0.15, 0.2) is 67.3 Å². The topological polar surface area (TPSA) is 251 Å². The summed E-state index contributed by atoms with van der Waals surface area (Å²) in [6, 6.07) is 9.88. The summed E-state index contributed by atoms with van der Waals surface area (Å²) in [5.74, 6) is -5.26. The summed E-state index contributed by atoms with van der Waals surface area (Å²) >= 11 is 0. The molecule has 16 heteroatoms. The molecule has 330 valence electrons. The quantitative estimate of drug-likeness (QED) is 0.0731. The van der Waals surface area contributed by atoms with Crippen LogP contribution in [0.4, 0.5) is 4.79 Å². The number of imidazole rings is 1. The van der Waals surface area contributed by atoms with Gasteiger partial charge in [-0.2, -0.15) is 0 Å². The molecule has 9 N–H and O–H groups in total. The van der Waals surface area contributed by atoms with Gasteiger partial charge in [-0.1, -0.05) is 77.9 Å². The van der Waals surface area contributed by atoms with E-state index in [0.29, 0.717) is 11.4 Å². The predicted octanol–water partition coefficient (Wildman–Crippen LogP) is 2.98. The second-order valence-corrected chi connectivity index (χ2v) is 17.3. The molecular weight excluding hydrogens is 769 g/mol. The first kappa shape index (κ1) is 49.2. The lowest BCUT2D eigenvalue weighted by Gasteiger charge is -2.37. The molecule has 0 saturated carbocycles. The standard InChI is InChI=1S/C44H66N8O8/c1-25(2)19-32(38(54)39(55)35(26(3)4)37(53)28(6)27(5)36(45)42(58)48-23-30-17-13-14-18-47-30)50-41(57)34(21-31-22-46-24-49-31)51-40(56)33(20-29-15-11-10-12-16-29)52-43(59)60-44(7,8)9/h10-18,22,24-28,32-36,38-39,54-55H,19-21,23,45H2,1-9H3,(H,46,49)(H,48,58)(H,50,57)(H,51,56)(H,52,59)/t27-,28?,32-,33-,34-,35-,36-,38+,39+/m0/s1. The van der Waals surface area contributed by atoms with Crippen molar-refractivity contribution in [1.82, 2.24) is 36.2 Å². The molecule has 0 aliphatic rings. The van der Waals surface area contributed by atoms with Crippen LogP contribution in [0.5, 0.6) is 0 Å². The van der Waals surface area contributed by atoms with E-state index in [4.69, 9.17) is 10.5 Å². The summed E-state index contributed by atoms with van der Waals surface area (Å²) in [6.07, 6.45) is 0.798. The van der Waals surface area contributed by atoms with Gasteiger partial charge in [-0.25, -0.2) is 9.78 Å². The van der Waals surface area contributed by atoms with Gasteiger partial charge in [0.05, 0.1) is 42.4 Å². The van der Waals surface area contributed by atoms with E-state index in [9.17, 15) is 34.2 Å². The molecule has 0 bridgehead atoms. The second kappa shape index (κ2) is 23.0. The molecule has 1 aromatic carbocycles. The van der Waals surface area contributed by atoms with Crippen molar-refractivity contribution in [3.05, 3.63) is 84.2 Å². The molecule has 0 radical (unpaired) electrons. The van der Waals surface area contributed by atoms with Gasteiger partial charge >= 0.3 is 6.09 Å². The Morgan fingerprint density at radius 3 is 1.98 bits per heavy atom. The number of aromatic nitrogens is 3. The van der Waals surface area contributed by atoms with Gasteiger partial charge in [0, 0.05) is 37.1 Å². The zero-order chi connectivity index (χ0) is 44.7. The number of Topliss-reactive ketones (excluding diaryl/α,β-unsaturated/α-hetero) is 1. The maximum Gasteiger partial charge on any atom is 0.408 e. The van der Waals surface area contributed by atoms with Gasteiger partial charge in [0.2, 0.25) is 17.7 Å². The molecule has 3 rings (SSSR count). The normalized spacial score (nSPS) is 16.3. The molecule has 0 spiro atoms. The van der Waals surface area contributed by atoms with E-state index in [1.807, 2.05) is 19.9 Å². The molecule has 2 aromatic heterocycles. The number of nitrogens with one attached hydrogen (secondary N) is 5. The van der Waals surface area contributed by atoms with E-state index in [0.717, 1.165) is 5.56 Å². The predicted molar refractivity (Wildman–Crippen MR) is 227 cm³/mol. The number of H-pyrrole nitrogens is 1. The zero-order valence-corrected chi connectivity index (χ0v) is 36.3. The number of carbonyl (C=O) groups excluding carboxylic acids is 5. The van der Waals surface area contributed by atoms with Crippen LogP contribution in [-0.4, -0.2) is 96.7 Å². The fourth-order valence-corrected chi connectivity index (χ4v) is 6.93. The smallest absolute Gasteiger partial charge is 0.408 e. The summed E-state index contributed by atoms with van der Waals surface area (Å²) in [5, 5.41) is 34.6. The molecular formula is C44H66N8O8. The van der Waals surface area contributed by atoms with Crippen molar-refractivity contribution < 1.29 is 38.9 Å². The van der Waals surface area contributed by atoms with Crippen molar-refractivity contribution in [3.63, 3.8) is 0 Å². The minimum Gasteiger partial charge on any atom is -0.444 e. The Morgan fingerprint density at radius 1 is 0.783 bits per heavy atom. The summed E-state index contributed by atoms with van der Waals surface area (Å²) < 4.78 is 5.43. The molecule has 0 fully saturated rings. The van der Waals surface area contributed by atoms with Crippen LogP contribution in [0.1, 0.15) is 85.7 Å². The number of nitrogens with two attached hydrogens (primary N) is 1. The Balaban J connectivity index is 1.83. The van der Waals surface area contributed by atoms with Crippen molar-refractivity contribution >= 4 is 29.6 Å². The molecule has 0 aliphatic heterocycles. The minimum atomic E-state index is -1.63. The number of aliphatic hydroxyl groups is 2. The molecule has 60 heavy (non-hydrogen) atoms. The molecule has 4 amide bonds. The highest BCUT2D eigenvalue weighted by Crippen LogP contribution is 2.29. The lowest BCUT2D eigenvalue weighted by Crippen LogP contribution is -2.59. The van der Waals surface area contributed by atoms with Crippen molar-refractivity contribution in [3.8, 4) is 0 Å². The van der Waals surface area contributed by atoms with Crippen molar-refractivity contribution in [2.45, 2.75) is 130 Å². The highest BCUT2D eigenvalue weighted by Gasteiger charge is 2.43. The lowest BCUT2D eigenvalue weighted by molar-refractivity contribution is -0.140. The fraction of sp³-hybridized carbons (Fsp3) is 0.568. The number of amides is 4. The van der Waals surface area contributed by atoms with Crippen LogP contribution in [-0.2, 0) is 43.3 Å².